The molecule has 0 aliphatic heterocycles. The molecule has 1 heterocycles. The third-order valence-electron chi connectivity index (χ3n) is 3.12. The Kier molecular flexibility index (Phi) is 4.00. The zero-order valence-electron chi connectivity index (χ0n) is 11.6. The second kappa shape index (κ2) is 5.69. The Hall–Kier alpha value is -2.10. The molecule has 1 aromatic heterocycles. The third kappa shape index (κ3) is 3.44. The highest BCUT2D eigenvalue weighted by molar-refractivity contribution is 5.78. The van der Waals surface area contributed by atoms with E-state index in [4.69, 9.17) is 0 Å². The summed E-state index contributed by atoms with van der Waals surface area (Å²) in [6.07, 6.45) is 0.390. The summed E-state index contributed by atoms with van der Waals surface area (Å²) in [5.74, 6) is 0.104. The van der Waals surface area contributed by atoms with Gasteiger partial charge in [-0.15, -0.1) is 0 Å². The summed E-state index contributed by atoms with van der Waals surface area (Å²) >= 11 is 0. The number of rotatable bonds is 4. The standard InChI is InChI=1S/C15H19N3O/c1-12-9-14(18(3)16-12)10-15(19)17(2)11-13-7-5-4-6-8-13/h4-9H,10-11H2,1-3H3. The maximum atomic E-state index is 12.2. The van der Waals surface area contributed by atoms with Crippen LogP contribution in [0.1, 0.15) is 17.0 Å². The van der Waals surface area contributed by atoms with Crippen molar-refractivity contribution in [3.8, 4) is 0 Å². The summed E-state index contributed by atoms with van der Waals surface area (Å²) < 4.78 is 1.77. The van der Waals surface area contributed by atoms with Crippen molar-refractivity contribution in [1.82, 2.24) is 14.7 Å². The van der Waals surface area contributed by atoms with Crippen LogP contribution < -0.4 is 0 Å². The smallest absolute Gasteiger partial charge is 0.228 e. The van der Waals surface area contributed by atoms with Crippen LogP contribution in [0, 0.1) is 6.92 Å². The van der Waals surface area contributed by atoms with Crippen molar-refractivity contribution in [2.75, 3.05) is 7.05 Å². The summed E-state index contributed by atoms with van der Waals surface area (Å²) in [6, 6.07) is 11.9. The minimum Gasteiger partial charge on any atom is -0.341 e. The predicted molar refractivity (Wildman–Crippen MR) is 74.6 cm³/mol. The molecule has 0 N–H and O–H groups in total. The molecule has 2 aromatic rings. The number of likely N-dealkylation sites (N-methyl/N-ethyl adjacent to an activating group) is 1. The lowest BCUT2D eigenvalue weighted by atomic mass is 10.2. The molecule has 19 heavy (non-hydrogen) atoms. The van der Waals surface area contributed by atoms with Crippen LogP contribution in [-0.2, 0) is 24.8 Å². The minimum absolute atomic E-state index is 0.104. The van der Waals surface area contributed by atoms with Crippen LogP contribution >= 0.6 is 0 Å². The summed E-state index contributed by atoms with van der Waals surface area (Å²) in [5.41, 5.74) is 3.03. The Morgan fingerprint density at radius 1 is 1.32 bits per heavy atom. The van der Waals surface area contributed by atoms with E-state index in [9.17, 15) is 4.79 Å². The minimum atomic E-state index is 0.104. The highest BCUT2D eigenvalue weighted by Gasteiger charge is 2.13. The van der Waals surface area contributed by atoms with Crippen LogP contribution in [0.3, 0.4) is 0 Å². The second-order valence-corrected chi connectivity index (χ2v) is 4.81. The van der Waals surface area contributed by atoms with Gasteiger partial charge in [-0.3, -0.25) is 9.48 Å². The van der Waals surface area contributed by atoms with Crippen molar-refractivity contribution in [3.05, 3.63) is 53.3 Å². The molecule has 0 spiro atoms. The molecule has 0 bridgehead atoms. The van der Waals surface area contributed by atoms with E-state index in [0.717, 1.165) is 17.0 Å². The van der Waals surface area contributed by atoms with Gasteiger partial charge in [-0.2, -0.15) is 5.10 Å². The molecule has 0 fully saturated rings. The molecule has 4 heteroatoms. The van der Waals surface area contributed by atoms with E-state index in [2.05, 4.69) is 5.10 Å². The molecule has 0 saturated heterocycles. The summed E-state index contributed by atoms with van der Waals surface area (Å²) in [6.45, 7) is 2.57. The summed E-state index contributed by atoms with van der Waals surface area (Å²) in [5, 5.41) is 4.25. The molecule has 0 radical (unpaired) electrons. The maximum Gasteiger partial charge on any atom is 0.228 e. The number of hydrogen-bond donors (Lipinski definition) is 0. The first kappa shape index (κ1) is 13.3. The fourth-order valence-corrected chi connectivity index (χ4v) is 2.07. The molecular weight excluding hydrogens is 238 g/mol. The van der Waals surface area contributed by atoms with Gasteiger partial charge in [-0.25, -0.2) is 0 Å². The number of carbonyl (C=O) groups excluding carboxylic acids is 1. The van der Waals surface area contributed by atoms with Gasteiger partial charge in [0.2, 0.25) is 5.91 Å². The Morgan fingerprint density at radius 2 is 2.00 bits per heavy atom. The van der Waals surface area contributed by atoms with Crippen molar-refractivity contribution in [3.63, 3.8) is 0 Å². The van der Waals surface area contributed by atoms with E-state index in [1.807, 2.05) is 57.4 Å². The first-order chi connectivity index (χ1) is 9.06. The van der Waals surface area contributed by atoms with Gasteiger partial charge >= 0.3 is 0 Å². The quantitative estimate of drug-likeness (QED) is 0.839. The molecule has 0 aliphatic carbocycles. The van der Waals surface area contributed by atoms with Gasteiger partial charge < -0.3 is 4.90 Å². The fourth-order valence-electron chi connectivity index (χ4n) is 2.07. The van der Waals surface area contributed by atoms with Crippen LogP contribution in [0.15, 0.2) is 36.4 Å². The van der Waals surface area contributed by atoms with Crippen LogP contribution in [0.2, 0.25) is 0 Å². The first-order valence-corrected chi connectivity index (χ1v) is 6.33. The normalized spacial score (nSPS) is 10.5. The number of amides is 1. The largest absolute Gasteiger partial charge is 0.341 e. The van der Waals surface area contributed by atoms with Crippen LogP contribution in [0.4, 0.5) is 0 Å². The molecular formula is C15H19N3O. The van der Waals surface area contributed by atoms with Crippen LogP contribution in [0.5, 0.6) is 0 Å². The summed E-state index contributed by atoms with van der Waals surface area (Å²) in [7, 11) is 3.70. The molecule has 1 aromatic carbocycles. The maximum absolute atomic E-state index is 12.2. The Bertz CT molecular complexity index is 560. The zero-order chi connectivity index (χ0) is 13.8. The molecule has 1 amide bonds. The van der Waals surface area contributed by atoms with Gasteiger partial charge in [0.25, 0.3) is 0 Å². The van der Waals surface area contributed by atoms with Gasteiger partial charge in [0.1, 0.15) is 0 Å². The van der Waals surface area contributed by atoms with Crippen molar-refractivity contribution in [2.45, 2.75) is 19.9 Å². The Balaban J connectivity index is 1.98. The first-order valence-electron chi connectivity index (χ1n) is 6.33. The topological polar surface area (TPSA) is 38.1 Å². The van der Waals surface area contributed by atoms with Gasteiger partial charge in [-0.05, 0) is 18.6 Å². The number of nitrogens with zero attached hydrogens (tertiary/aromatic N) is 3. The molecule has 100 valence electrons. The molecule has 0 saturated carbocycles. The van der Waals surface area contributed by atoms with Crippen LogP contribution in [0.25, 0.3) is 0 Å². The number of aryl methyl sites for hydroxylation is 2. The van der Waals surface area contributed by atoms with Crippen molar-refractivity contribution >= 4 is 5.91 Å². The SMILES string of the molecule is Cc1cc(CC(=O)N(C)Cc2ccccc2)n(C)n1. The predicted octanol–water partition coefficient (Wildman–Crippen LogP) is 1.93. The van der Waals surface area contributed by atoms with E-state index >= 15 is 0 Å². The number of hydrogen-bond acceptors (Lipinski definition) is 2. The zero-order valence-corrected chi connectivity index (χ0v) is 11.6. The number of aromatic nitrogens is 2. The average Bonchev–Trinajstić information content (AvgIpc) is 2.69. The third-order valence-corrected chi connectivity index (χ3v) is 3.12. The van der Waals surface area contributed by atoms with Crippen LogP contribution in [-0.4, -0.2) is 27.6 Å². The van der Waals surface area contributed by atoms with Crippen molar-refractivity contribution in [1.29, 1.82) is 0 Å². The number of carbonyl (C=O) groups is 1. The van der Waals surface area contributed by atoms with E-state index in [1.165, 1.54) is 0 Å². The highest BCUT2D eigenvalue weighted by atomic mass is 16.2. The number of benzene rings is 1. The Labute approximate surface area is 113 Å². The van der Waals surface area contributed by atoms with Crippen molar-refractivity contribution in [2.24, 2.45) is 7.05 Å². The molecule has 0 atom stereocenters. The molecule has 0 aliphatic rings. The Morgan fingerprint density at radius 3 is 2.58 bits per heavy atom. The molecule has 2 rings (SSSR count). The average molecular weight is 257 g/mol. The lowest BCUT2D eigenvalue weighted by Gasteiger charge is -2.17. The second-order valence-electron chi connectivity index (χ2n) is 4.81. The molecule has 4 nitrogen and oxygen atoms in total. The van der Waals surface area contributed by atoms with E-state index in [-0.39, 0.29) is 5.91 Å². The lowest BCUT2D eigenvalue weighted by Crippen LogP contribution is -2.28. The monoisotopic (exact) mass is 257 g/mol. The van der Waals surface area contributed by atoms with Gasteiger partial charge in [0.05, 0.1) is 12.1 Å². The summed E-state index contributed by atoms with van der Waals surface area (Å²) in [4.78, 5) is 13.9. The van der Waals surface area contributed by atoms with Gasteiger partial charge in [0.15, 0.2) is 0 Å². The van der Waals surface area contributed by atoms with E-state index in [1.54, 1.807) is 9.58 Å². The lowest BCUT2D eigenvalue weighted by molar-refractivity contribution is -0.129. The molecule has 0 unspecified atom stereocenters. The van der Waals surface area contributed by atoms with Gasteiger partial charge in [0, 0.05) is 26.3 Å². The highest BCUT2D eigenvalue weighted by Crippen LogP contribution is 2.07. The van der Waals surface area contributed by atoms with E-state index in [0.29, 0.717) is 13.0 Å². The fraction of sp³-hybridized carbons (Fsp3) is 0.333. The van der Waals surface area contributed by atoms with Gasteiger partial charge in [-0.1, -0.05) is 30.3 Å². The van der Waals surface area contributed by atoms with E-state index < -0.39 is 0 Å². The van der Waals surface area contributed by atoms with Crippen molar-refractivity contribution < 1.29 is 4.79 Å².